The third kappa shape index (κ3) is 5.32. The minimum absolute atomic E-state index is 0.0431. The van der Waals surface area contributed by atoms with Crippen LogP contribution in [0.3, 0.4) is 0 Å². The molecule has 2 amide bonds. The molecular weight excluding hydrogens is 442 g/mol. The van der Waals surface area contributed by atoms with Crippen LogP contribution < -0.4 is 10.0 Å². The molecule has 172 valence electrons. The lowest BCUT2D eigenvalue weighted by atomic mass is 10.1. The summed E-state index contributed by atoms with van der Waals surface area (Å²) in [5, 5.41) is 2.79. The molecule has 2 aromatic carbocycles. The topological polar surface area (TPSA) is 109 Å². The maximum atomic E-state index is 12.7. The molecule has 2 N–H and O–H groups in total. The Hall–Kier alpha value is -3.43. The fourth-order valence-electron chi connectivity index (χ4n) is 3.82. The number of nitrogens with zero attached hydrogens (tertiary/aromatic N) is 1. The summed E-state index contributed by atoms with van der Waals surface area (Å²) in [6, 6.07) is 18.8. The van der Waals surface area contributed by atoms with Crippen molar-refractivity contribution in [3.05, 3.63) is 84.3 Å². The number of likely N-dealkylation sites (tertiary alicyclic amines) is 1. The lowest BCUT2D eigenvalue weighted by molar-refractivity contribution is -0.129. The molecule has 1 aliphatic rings. The number of amides is 2. The number of nitrogens with one attached hydrogen (secondary N) is 2. The van der Waals surface area contributed by atoms with Crippen molar-refractivity contribution in [2.24, 2.45) is 5.92 Å². The van der Waals surface area contributed by atoms with Gasteiger partial charge >= 0.3 is 0 Å². The van der Waals surface area contributed by atoms with Crippen molar-refractivity contribution in [3.63, 3.8) is 0 Å². The highest BCUT2D eigenvalue weighted by Crippen LogP contribution is 2.29. The van der Waals surface area contributed by atoms with Gasteiger partial charge in [0.05, 0.1) is 29.7 Å². The fraction of sp³-hybridized carbons (Fsp3) is 0.250. The quantitative estimate of drug-likeness (QED) is 0.528. The van der Waals surface area contributed by atoms with Gasteiger partial charge < -0.3 is 14.6 Å². The molecule has 2 heterocycles. The van der Waals surface area contributed by atoms with E-state index < -0.39 is 15.9 Å². The molecule has 0 radical (unpaired) electrons. The van der Waals surface area contributed by atoms with E-state index >= 15 is 0 Å². The second-order valence-corrected chi connectivity index (χ2v) is 9.72. The minimum Gasteiger partial charge on any atom is -0.468 e. The molecule has 1 fully saturated rings. The highest BCUT2D eigenvalue weighted by molar-refractivity contribution is 7.89. The van der Waals surface area contributed by atoms with E-state index in [1.807, 2.05) is 37.3 Å². The summed E-state index contributed by atoms with van der Waals surface area (Å²) in [6.45, 7) is 2.33. The van der Waals surface area contributed by atoms with Crippen LogP contribution in [0.1, 0.15) is 30.7 Å². The van der Waals surface area contributed by atoms with E-state index in [0.717, 1.165) is 5.56 Å². The Morgan fingerprint density at radius 3 is 2.48 bits per heavy atom. The molecule has 1 aliphatic heterocycles. The zero-order valence-electron chi connectivity index (χ0n) is 18.1. The van der Waals surface area contributed by atoms with Gasteiger partial charge in [-0.3, -0.25) is 9.59 Å². The van der Waals surface area contributed by atoms with Gasteiger partial charge in [-0.1, -0.05) is 30.3 Å². The number of carbonyl (C=O) groups is 2. The van der Waals surface area contributed by atoms with E-state index in [4.69, 9.17) is 4.42 Å². The first-order valence-corrected chi connectivity index (χ1v) is 12.1. The average molecular weight is 468 g/mol. The van der Waals surface area contributed by atoms with Crippen LogP contribution in [0.25, 0.3) is 0 Å². The van der Waals surface area contributed by atoms with Crippen molar-refractivity contribution in [2.75, 3.05) is 11.9 Å². The number of carbonyl (C=O) groups excluding carboxylic acids is 2. The maximum Gasteiger partial charge on any atom is 0.240 e. The normalized spacial score (nSPS) is 17.2. The summed E-state index contributed by atoms with van der Waals surface area (Å²) in [5.41, 5.74) is 1.48. The van der Waals surface area contributed by atoms with E-state index in [-0.39, 0.29) is 35.7 Å². The molecular formula is C24H25N3O5S. The third-order valence-corrected chi connectivity index (χ3v) is 7.14. The second kappa shape index (κ2) is 9.60. The largest absolute Gasteiger partial charge is 0.468 e. The van der Waals surface area contributed by atoms with Gasteiger partial charge in [-0.15, -0.1) is 0 Å². The Labute approximate surface area is 192 Å². The predicted molar refractivity (Wildman–Crippen MR) is 122 cm³/mol. The Morgan fingerprint density at radius 2 is 1.82 bits per heavy atom. The maximum absolute atomic E-state index is 12.7. The van der Waals surface area contributed by atoms with Crippen molar-refractivity contribution in [2.45, 2.75) is 30.8 Å². The second-order valence-electron chi connectivity index (χ2n) is 7.95. The summed E-state index contributed by atoms with van der Waals surface area (Å²) >= 11 is 0. The zero-order chi connectivity index (χ0) is 23.4. The summed E-state index contributed by atoms with van der Waals surface area (Å²) in [7, 11) is -3.72. The smallest absolute Gasteiger partial charge is 0.240 e. The first-order valence-electron chi connectivity index (χ1n) is 10.6. The molecule has 0 aliphatic carbocycles. The van der Waals surface area contributed by atoms with Crippen molar-refractivity contribution >= 4 is 27.5 Å². The van der Waals surface area contributed by atoms with Gasteiger partial charge in [-0.2, -0.15) is 0 Å². The molecule has 0 saturated carbocycles. The number of anilines is 1. The summed E-state index contributed by atoms with van der Waals surface area (Å²) in [4.78, 5) is 27.1. The SMILES string of the molecule is C[C@@H](c1ccccc1)N1C[C@H](C(=O)Nc2ccc(S(=O)(=O)NCc3ccco3)cc2)CC1=O. The molecule has 33 heavy (non-hydrogen) atoms. The summed E-state index contributed by atoms with van der Waals surface area (Å²) in [5.74, 6) is -0.292. The average Bonchev–Trinajstić information content (AvgIpc) is 3.48. The molecule has 0 unspecified atom stereocenters. The molecule has 2 atom stereocenters. The number of benzene rings is 2. The molecule has 4 rings (SSSR count). The number of furan rings is 1. The lowest BCUT2D eigenvalue weighted by Crippen LogP contribution is -2.30. The highest BCUT2D eigenvalue weighted by Gasteiger charge is 2.37. The molecule has 8 nitrogen and oxygen atoms in total. The van der Waals surface area contributed by atoms with Crippen molar-refractivity contribution < 1.29 is 22.4 Å². The van der Waals surface area contributed by atoms with E-state index in [1.54, 1.807) is 17.0 Å². The molecule has 0 spiro atoms. The predicted octanol–water partition coefficient (Wildman–Crippen LogP) is 3.31. The number of hydrogen-bond acceptors (Lipinski definition) is 5. The molecule has 1 saturated heterocycles. The number of hydrogen-bond donors (Lipinski definition) is 2. The highest BCUT2D eigenvalue weighted by atomic mass is 32.2. The lowest BCUT2D eigenvalue weighted by Gasteiger charge is -2.25. The van der Waals surface area contributed by atoms with Crippen LogP contribution in [0.5, 0.6) is 0 Å². The van der Waals surface area contributed by atoms with Crippen molar-refractivity contribution in [3.8, 4) is 0 Å². The van der Waals surface area contributed by atoms with Crippen LogP contribution in [0, 0.1) is 5.92 Å². The molecule has 1 aromatic heterocycles. The van der Waals surface area contributed by atoms with E-state index in [9.17, 15) is 18.0 Å². The third-order valence-electron chi connectivity index (χ3n) is 5.73. The van der Waals surface area contributed by atoms with Gasteiger partial charge in [-0.25, -0.2) is 13.1 Å². The number of rotatable bonds is 8. The van der Waals surface area contributed by atoms with E-state index in [1.165, 1.54) is 30.5 Å². The number of sulfonamides is 1. The summed E-state index contributed by atoms with van der Waals surface area (Å²) in [6.07, 6.45) is 1.62. The van der Waals surface area contributed by atoms with Crippen LogP contribution in [-0.4, -0.2) is 31.7 Å². The van der Waals surface area contributed by atoms with Crippen molar-refractivity contribution in [1.29, 1.82) is 0 Å². The standard InChI is InChI=1S/C24H25N3O5S/c1-17(18-6-3-2-4-7-18)27-16-19(14-23(27)28)24(29)26-20-9-11-22(12-10-20)33(30,31)25-15-21-8-5-13-32-21/h2-13,17,19,25H,14-16H2,1H3,(H,26,29)/t17-,19+/m0/s1. The summed E-state index contributed by atoms with van der Waals surface area (Å²) < 4.78 is 32.5. The first kappa shape index (κ1) is 22.8. The Bertz CT molecular complexity index is 1210. The fourth-order valence-corrected chi connectivity index (χ4v) is 4.81. The van der Waals surface area contributed by atoms with Crippen LogP contribution in [0.15, 0.2) is 82.3 Å². The van der Waals surface area contributed by atoms with Gasteiger partial charge in [0.25, 0.3) is 0 Å². The molecule has 0 bridgehead atoms. The van der Waals surface area contributed by atoms with E-state index in [2.05, 4.69) is 10.0 Å². The van der Waals surface area contributed by atoms with Gasteiger partial charge in [0.1, 0.15) is 5.76 Å². The van der Waals surface area contributed by atoms with Crippen LogP contribution in [0.2, 0.25) is 0 Å². The first-order chi connectivity index (χ1) is 15.8. The Kier molecular flexibility index (Phi) is 6.62. The molecule has 9 heteroatoms. The van der Waals surface area contributed by atoms with Gasteiger partial charge in [0.15, 0.2) is 0 Å². The molecule has 3 aromatic rings. The zero-order valence-corrected chi connectivity index (χ0v) is 18.9. The van der Waals surface area contributed by atoms with Crippen LogP contribution in [-0.2, 0) is 26.2 Å². The van der Waals surface area contributed by atoms with Crippen LogP contribution >= 0.6 is 0 Å². The van der Waals surface area contributed by atoms with Crippen molar-refractivity contribution in [1.82, 2.24) is 9.62 Å². The Morgan fingerprint density at radius 1 is 1.09 bits per heavy atom. The van der Waals surface area contributed by atoms with E-state index in [0.29, 0.717) is 18.0 Å². The monoisotopic (exact) mass is 467 g/mol. The Balaban J connectivity index is 1.35. The van der Waals surface area contributed by atoms with Gasteiger partial charge in [0, 0.05) is 18.7 Å². The van der Waals surface area contributed by atoms with Gasteiger partial charge in [0.2, 0.25) is 21.8 Å². The minimum atomic E-state index is -3.72. The van der Waals surface area contributed by atoms with Gasteiger partial charge in [-0.05, 0) is 48.9 Å². The van der Waals surface area contributed by atoms with Crippen LogP contribution in [0.4, 0.5) is 5.69 Å².